The minimum Gasteiger partial charge on any atom is -0.429 e. The van der Waals surface area contributed by atoms with Crippen LogP contribution < -0.4 is 10.1 Å². The highest BCUT2D eigenvalue weighted by Crippen LogP contribution is 2.29. The van der Waals surface area contributed by atoms with E-state index in [2.05, 4.69) is 21.7 Å². The van der Waals surface area contributed by atoms with E-state index in [1.807, 2.05) is 0 Å². The first-order valence-corrected chi connectivity index (χ1v) is 5.04. The standard InChI is InChI=1S/C9H6Cl2F3NO2/c10-7(12)9(13,14)17-6-3-1-5(2-4-6)15-8(11)16/h1-4,7H,(H,15,16). The van der Waals surface area contributed by atoms with E-state index in [1.165, 1.54) is 12.1 Å². The van der Waals surface area contributed by atoms with Gasteiger partial charge in [-0.15, -0.1) is 0 Å². The highest BCUT2D eigenvalue weighted by Gasteiger charge is 2.42. The van der Waals surface area contributed by atoms with Crippen LogP contribution in [0.5, 0.6) is 5.75 Å². The Kier molecular flexibility index (Phi) is 4.47. The average Bonchev–Trinajstić information content (AvgIpc) is 2.19. The van der Waals surface area contributed by atoms with Gasteiger partial charge in [0.1, 0.15) is 5.75 Å². The lowest BCUT2D eigenvalue weighted by atomic mass is 10.3. The molecule has 0 spiro atoms. The number of ether oxygens (including phenoxy) is 1. The molecular formula is C9H6Cl2F3NO2. The minimum atomic E-state index is -4.13. The summed E-state index contributed by atoms with van der Waals surface area (Å²) < 4.78 is 41.7. The highest BCUT2D eigenvalue weighted by molar-refractivity contribution is 6.65. The Balaban J connectivity index is 2.72. The summed E-state index contributed by atoms with van der Waals surface area (Å²) >= 11 is 9.64. The number of alkyl halides is 4. The monoisotopic (exact) mass is 287 g/mol. The Morgan fingerprint density at radius 3 is 2.29 bits per heavy atom. The molecule has 0 aliphatic carbocycles. The van der Waals surface area contributed by atoms with E-state index in [0.29, 0.717) is 0 Å². The molecule has 1 atom stereocenters. The van der Waals surface area contributed by atoms with Gasteiger partial charge in [0, 0.05) is 5.69 Å². The second-order valence-electron chi connectivity index (χ2n) is 2.89. The fourth-order valence-electron chi connectivity index (χ4n) is 0.921. The molecule has 1 unspecified atom stereocenters. The van der Waals surface area contributed by atoms with Gasteiger partial charge in [0.25, 0.3) is 5.63 Å². The third-order valence-electron chi connectivity index (χ3n) is 1.60. The van der Waals surface area contributed by atoms with Crippen LogP contribution in [0.2, 0.25) is 0 Å². The van der Waals surface area contributed by atoms with Crippen LogP contribution in [0.1, 0.15) is 0 Å². The van der Waals surface area contributed by atoms with Crippen LogP contribution in [0.4, 0.5) is 23.7 Å². The predicted octanol–water partition coefficient (Wildman–Crippen LogP) is 3.96. The number of anilines is 1. The van der Waals surface area contributed by atoms with Crippen LogP contribution in [0.15, 0.2) is 24.3 Å². The molecule has 0 aliphatic rings. The van der Waals surface area contributed by atoms with Crippen LogP contribution in [-0.4, -0.2) is 17.1 Å². The van der Waals surface area contributed by atoms with Crippen LogP contribution in [0, 0.1) is 0 Å². The summed E-state index contributed by atoms with van der Waals surface area (Å²) in [6.07, 6.45) is -4.13. The number of hydrogen-bond donors (Lipinski definition) is 1. The fraction of sp³-hybridized carbons (Fsp3) is 0.222. The molecule has 8 heteroatoms. The van der Waals surface area contributed by atoms with Crippen molar-refractivity contribution in [3.8, 4) is 5.75 Å². The van der Waals surface area contributed by atoms with Crippen molar-refractivity contribution >= 4 is 34.3 Å². The molecule has 1 aromatic carbocycles. The molecular weight excluding hydrogens is 282 g/mol. The average molecular weight is 288 g/mol. The molecule has 1 amide bonds. The Morgan fingerprint density at radius 1 is 1.35 bits per heavy atom. The van der Waals surface area contributed by atoms with Gasteiger partial charge in [-0.2, -0.15) is 8.78 Å². The van der Waals surface area contributed by atoms with E-state index in [9.17, 15) is 18.0 Å². The Bertz CT molecular complexity index is 398. The van der Waals surface area contributed by atoms with Crippen molar-refractivity contribution in [2.75, 3.05) is 5.32 Å². The molecule has 1 rings (SSSR count). The van der Waals surface area contributed by atoms with Crippen molar-refractivity contribution in [1.82, 2.24) is 0 Å². The number of hydrogen-bond acceptors (Lipinski definition) is 2. The molecule has 0 radical (unpaired) electrons. The molecule has 0 heterocycles. The molecule has 0 bridgehead atoms. The molecule has 0 fully saturated rings. The zero-order chi connectivity index (χ0) is 13.1. The number of nitrogens with one attached hydrogen (secondary N) is 1. The van der Waals surface area contributed by atoms with Gasteiger partial charge >= 0.3 is 11.5 Å². The second kappa shape index (κ2) is 5.46. The summed E-state index contributed by atoms with van der Waals surface area (Å²) in [7, 11) is 0. The van der Waals surface area contributed by atoms with Crippen LogP contribution in [0.3, 0.4) is 0 Å². The van der Waals surface area contributed by atoms with Crippen molar-refractivity contribution in [2.24, 2.45) is 0 Å². The van der Waals surface area contributed by atoms with Gasteiger partial charge in [-0.3, -0.25) is 4.79 Å². The lowest BCUT2D eigenvalue weighted by molar-refractivity contribution is -0.199. The summed E-state index contributed by atoms with van der Waals surface area (Å²) in [5, 5.41) is 1.38. The Hall–Kier alpha value is -1.14. The van der Waals surface area contributed by atoms with Crippen LogP contribution in [-0.2, 0) is 0 Å². The number of carbonyl (C=O) groups is 1. The molecule has 0 saturated carbocycles. The van der Waals surface area contributed by atoms with E-state index in [4.69, 9.17) is 11.6 Å². The van der Waals surface area contributed by atoms with E-state index >= 15 is 0 Å². The van der Waals surface area contributed by atoms with Crippen LogP contribution in [0.25, 0.3) is 0 Å². The SMILES string of the molecule is O=C(Cl)Nc1ccc(OC(F)(F)C(F)Cl)cc1. The number of carbonyl (C=O) groups excluding carboxylic acids is 1. The normalized spacial score (nSPS) is 13.0. The Labute approximate surface area is 104 Å². The smallest absolute Gasteiger partial charge is 0.429 e. The third-order valence-corrected chi connectivity index (χ3v) is 1.95. The van der Waals surface area contributed by atoms with Crippen LogP contribution >= 0.6 is 23.2 Å². The summed E-state index contributed by atoms with van der Waals surface area (Å²) in [6.45, 7) is 0. The first-order chi connectivity index (χ1) is 7.81. The quantitative estimate of drug-likeness (QED) is 0.517. The van der Waals surface area contributed by atoms with E-state index in [0.717, 1.165) is 12.1 Å². The summed E-state index contributed by atoms with van der Waals surface area (Å²) in [5.74, 6) is -0.300. The van der Waals surface area contributed by atoms with Gasteiger partial charge in [-0.1, -0.05) is 11.6 Å². The molecule has 3 nitrogen and oxygen atoms in total. The minimum absolute atomic E-state index is 0.281. The number of halogens is 5. The molecule has 1 aromatic rings. The lowest BCUT2D eigenvalue weighted by Crippen LogP contribution is -2.32. The first-order valence-electron chi connectivity index (χ1n) is 4.23. The van der Waals surface area contributed by atoms with Crippen molar-refractivity contribution in [2.45, 2.75) is 11.7 Å². The van der Waals surface area contributed by atoms with E-state index < -0.39 is 17.1 Å². The van der Waals surface area contributed by atoms with Gasteiger partial charge in [0.15, 0.2) is 0 Å². The summed E-state index contributed by atoms with van der Waals surface area (Å²) in [6, 6.07) is 4.73. The van der Waals surface area contributed by atoms with Gasteiger partial charge in [0.05, 0.1) is 0 Å². The molecule has 1 N–H and O–H groups in total. The molecule has 94 valence electrons. The maximum atomic E-state index is 12.7. The fourth-order valence-corrected chi connectivity index (χ4v) is 1.08. The van der Waals surface area contributed by atoms with Crippen molar-refractivity contribution in [3.63, 3.8) is 0 Å². The van der Waals surface area contributed by atoms with Gasteiger partial charge in [0.2, 0.25) is 0 Å². The van der Waals surface area contributed by atoms with Gasteiger partial charge in [-0.05, 0) is 35.9 Å². The third kappa shape index (κ3) is 4.32. The highest BCUT2D eigenvalue weighted by atomic mass is 35.5. The van der Waals surface area contributed by atoms with Gasteiger partial charge in [-0.25, -0.2) is 4.39 Å². The number of benzene rings is 1. The zero-order valence-electron chi connectivity index (χ0n) is 8.09. The maximum absolute atomic E-state index is 12.7. The number of rotatable bonds is 4. The predicted molar refractivity (Wildman–Crippen MR) is 57.6 cm³/mol. The summed E-state index contributed by atoms with van der Waals surface area (Å²) in [4.78, 5) is 10.5. The van der Waals surface area contributed by atoms with Crippen molar-refractivity contribution in [3.05, 3.63) is 24.3 Å². The zero-order valence-corrected chi connectivity index (χ0v) is 9.60. The molecule has 0 saturated heterocycles. The second-order valence-corrected chi connectivity index (χ2v) is 3.61. The molecule has 17 heavy (non-hydrogen) atoms. The Morgan fingerprint density at radius 2 is 1.88 bits per heavy atom. The first kappa shape index (κ1) is 13.9. The van der Waals surface area contributed by atoms with E-state index in [-0.39, 0.29) is 11.4 Å². The molecule has 0 aromatic heterocycles. The summed E-state index contributed by atoms with van der Waals surface area (Å²) in [5.41, 5.74) is -2.67. The topological polar surface area (TPSA) is 38.3 Å². The molecule has 0 aliphatic heterocycles. The largest absolute Gasteiger partial charge is 0.444 e. The van der Waals surface area contributed by atoms with E-state index in [1.54, 1.807) is 0 Å². The van der Waals surface area contributed by atoms with Crippen molar-refractivity contribution in [1.29, 1.82) is 0 Å². The maximum Gasteiger partial charge on any atom is 0.444 e. The van der Waals surface area contributed by atoms with Gasteiger partial charge < -0.3 is 10.1 Å². The number of amides is 1. The lowest BCUT2D eigenvalue weighted by Gasteiger charge is -2.17. The van der Waals surface area contributed by atoms with Crippen molar-refractivity contribution < 1.29 is 22.7 Å².